The van der Waals surface area contributed by atoms with Gasteiger partial charge in [0.1, 0.15) is 0 Å². The summed E-state index contributed by atoms with van der Waals surface area (Å²) in [5.41, 5.74) is 2.68. The Hall–Kier alpha value is -1.30. The van der Waals surface area contributed by atoms with Crippen LogP contribution in [0, 0.1) is 6.92 Å². The van der Waals surface area contributed by atoms with Crippen LogP contribution in [0.25, 0.3) is 0 Å². The minimum absolute atomic E-state index is 0.540. The fraction of sp³-hybridized carbons (Fsp3) is 0.533. The fourth-order valence-corrected chi connectivity index (χ4v) is 3.53. The third-order valence-electron chi connectivity index (χ3n) is 4.54. The van der Waals surface area contributed by atoms with Crippen molar-refractivity contribution in [1.82, 2.24) is 9.80 Å². The number of carboxylic acid groups (broad SMARTS) is 1. The van der Waals surface area contributed by atoms with Crippen LogP contribution >= 0.6 is 11.6 Å². The van der Waals surface area contributed by atoms with E-state index in [9.17, 15) is 4.79 Å². The Morgan fingerprint density at radius 3 is 3.00 bits per heavy atom. The summed E-state index contributed by atoms with van der Waals surface area (Å²) in [5, 5.41) is 11.9. The van der Waals surface area contributed by atoms with Crippen LogP contribution in [0.15, 0.2) is 12.1 Å². The van der Waals surface area contributed by atoms with E-state index in [1.165, 1.54) is 13.0 Å². The molecule has 3 rings (SSSR count). The summed E-state index contributed by atoms with van der Waals surface area (Å²) in [6, 6.07) is 4.19. The number of carbonyl (C=O) groups is 1. The molecule has 2 fully saturated rings. The molecule has 2 aliphatic heterocycles. The smallest absolute Gasteiger partial charge is 0.409 e. The van der Waals surface area contributed by atoms with E-state index in [4.69, 9.17) is 16.7 Å². The van der Waals surface area contributed by atoms with Gasteiger partial charge in [-0.1, -0.05) is 11.6 Å². The number of hydrogen-bond donors (Lipinski definition) is 2. The zero-order chi connectivity index (χ0) is 15.0. The predicted octanol–water partition coefficient (Wildman–Crippen LogP) is 2.63. The largest absolute Gasteiger partial charge is 0.465 e. The molecule has 2 heterocycles. The number of piperazine rings is 1. The van der Waals surface area contributed by atoms with Crippen molar-refractivity contribution in [3.8, 4) is 0 Å². The van der Waals surface area contributed by atoms with Crippen molar-refractivity contribution >= 4 is 23.4 Å². The van der Waals surface area contributed by atoms with E-state index in [2.05, 4.69) is 15.1 Å². The third kappa shape index (κ3) is 3.15. The second kappa shape index (κ2) is 5.83. The van der Waals surface area contributed by atoms with Crippen LogP contribution in [-0.2, 0) is 6.54 Å². The number of benzene rings is 1. The highest BCUT2D eigenvalue weighted by atomic mass is 35.5. The van der Waals surface area contributed by atoms with Crippen molar-refractivity contribution in [2.75, 3.05) is 31.5 Å². The maximum atomic E-state index is 10.8. The average molecular weight is 310 g/mol. The molecule has 2 aliphatic rings. The van der Waals surface area contributed by atoms with Gasteiger partial charge in [-0.2, -0.15) is 0 Å². The number of rotatable bonds is 3. The van der Waals surface area contributed by atoms with Crippen LogP contribution in [-0.4, -0.2) is 53.2 Å². The van der Waals surface area contributed by atoms with E-state index >= 15 is 0 Å². The first-order chi connectivity index (χ1) is 10.0. The van der Waals surface area contributed by atoms with Gasteiger partial charge in [-0.25, -0.2) is 4.79 Å². The molecular weight excluding hydrogens is 290 g/mol. The maximum Gasteiger partial charge on any atom is 0.409 e. The van der Waals surface area contributed by atoms with Crippen LogP contribution < -0.4 is 5.32 Å². The van der Waals surface area contributed by atoms with Gasteiger partial charge in [0, 0.05) is 42.9 Å². The highest BCUT2D eigenvalue weighted by Crippen LogP contribution is 2.28. The molecule has 0 aliphatic carbocycles. The summed E-state index contributed by atoms with van der Waals surface area (Å²) in [5.74, 6) is 0. The van der Waals surface area contributed by atoms with Gasteiger partial charge in [-0.05, 0) is 43.1 Å². The number of fused-ring (bicyclic) bond motifs is 2. The summed E-state index contributed by atoms with van der Waals surface area (Å²) in [6.45, 7) is 7.36. The first-order valence-electron chi connectivity index (χ1n) is 7.28. The zero-order valence-corrected chi connectivity index (χ0v) is 12.9. The van der Waals surface area contributed by atoms with E-state index < -0.39 is 6.09 Å². The highest BCUT2D eigenvalue weighted by molar-refractivity contribution is 6.31. The van der Waals surface area contributed by atoms with Gasteiger partial charge in [-0.3, -0.25) is 10.2 Å². The van der Waals surface area contributed by atoms with Gasteiger partial charge >= 0.3 is 6.09 Å². The molecule has 5 nitrogen and oxygen atoms in total. The van der Waals surface area contributed by atoms with Gasteiger partial charge in [-0.15, -0.1) is 0 Å². The lowest BCUT2D eigenvalue weighted by Crippen LogP contribution is -2.46. The van der Waals surface area contributed by atoms with Crippen molar-refractivity contribution in [3.05, 3.63) is 28.3 Å². The number of amides is 1. The summed E-state index contributed by atoms with van der Waals surface area (Å²) >= 11 is 6.24. The van der Waals surface area contributed by atoms with Crippen molar-refractivity contribution in [3.63, 3.8) is 0 Å². The molecule has 0 aromatic heterocycles. The standard InChI is InChI=1S/C15H20ClN3O2/c1-10-11(6-12(7-14(10)16)17-15(20)21)8-19-5-4-18-3-2-13(19)9-18/h6-7,13,17H,2-5,8-9H2,1H3,(H,20,21). The van der Waals surface area contributed by atoms with Crippen LogP contribution in [0.3, 0.4) is 0 Å². The Balaban J connectivity index is 1.80. The quantitative estimate of drug-likeness (QED) is 0.901. The normalized spacial score (nSPS) is 25.0. The summed E-state index contributed by atoms with van der Waals surface area (Å²) in [4.78, 5) is 15.8. The SMILES string of the molecule is Cc1c(Cl)cc(NC(=O)O)cc1CN1CCN2CCC1C2. The second-order valence-corrected chi connectivity index (χ2v) is 6.29. The summed E-state index contributed by atoms with van der Waals surface area (Å²) < 4.78 is 0. The molecule has 114 valence electrons. The highest BCUT2D eigenvalue weighted by Gasteiger charge is 2.32. The van der Waals surface area contributed by atoms with E-state index in [0.717, 1.165) is 37.3 Å². The third-order valence-corrected chi connectivity index (χ3v) is 4.94. The second-order valence-electron chi connectivity index (χ2n) is 5.89. The lowest BCUT2D eigenvalue weighted by atomic mass is 10.1. The van der Waals surface area contributed by atoms with Crippen molar-refractivity contribution < 1.29 is 9.90 Å². The van der Waals surface area contributed by atoms with E-state index in [-0.39, 0.29) is 0 Å². The van der Waals surface area contributed by atoms with E-state index in [0.29, 0.717) is 16.8 Å². The summed E-state index contributed by atoms with van der Waals surface area (Å²) in [6.07, 6.45) is 0.158. The zero-order valence-electron chi connectivity index (χ0n) is 12.1. The summed E-state index contributed by atoms with van der Waals surface area (Å²) in [7, 11) is 0. The fourth-order valence-electron chi connectivity index (χ4n) is 3.29. The molecule has 0 spiro atoms. The molecule has 0 radical (unpaired) electrons. The molecule has 1 amide bonds. The molecule has 1 aromatic carbocycles. The molecule has 2 unspecified atom stereocenters. The number of halogens is 1. The topological polar surface area (TPSA) is 55.8 Å². The van der Waals surface area contributed by atoms with Gasteiger partial charge in [0.2, 0.25) is 0 Å². The Labute approximate surface area is 129 Å². The molecular formula is C15H20ClN3O2. The van der Waals surface area contributed by atoms with Gasteiger partial charge < -0.3 is 10.0 Å². The van der Waals surface area contributed by atoms with Gasteiger partial charge in [0.05, 0.1) is 0 Å². The molecule has 21 heavy (non-hydrogen) atoms. The lowest BCUT2D eigenvalue weighted by Gasteiger charge is -2.34. The van der Waals surface area contributed by atoms with Gasteiger partial charge in [0.15, 0.2) is 0 Å². The van der Waals surface area contributed by atoms with Crippen LogP contribution in [0.4, 0.5) is 10.5 Å². The monoisotopic (exact) mass is 309 g/mol. The number of nitrogens with one attached hydrogen (secondary N) is 1. The Bertz CT molecular complexity index is 564. The molecule has 2 bridgehead atoms. The first-order valence-corrected chi connectivity index (χ1v) is 7.66. The minimum atomic E-state index is -1.06. The Morgan fingerprint density at radius 1 is 1.43 bits per heavy atom. The molecule has 2 saturated heterocycles. The number of nitrogens with zero attached hydrogens (tertiary/aromatic N) is 2. The molecule has 2 atom stereocenters. The van der Waals surface area contributed by atoms with Crippen LogP contribution in [0.5, 0.6) is 0 Å². The first kappa shape index (κ1) is 14.6. The predicted molar refractivity (Wildman–Crippen MR) is 83.1 cm³/mol. The number of anilines is 1. The van der Waals surface area contributed by atoms with E-state index in [1.807, 2.05) is 13.0 Å². The van der Waals surface area contributed by atoms with E-state index in [1.54, 1.807) is 6.07 Å². The van der Waals surface area contributed by atoms with Gasteiger partial charge in [0.25, 0.3) is 0 Å². The Morgan fingerprint density at radius 2 is 2.24 bits per heavy atom. The van der Waals surface area contributed by atoms with Crippen molar-refractivity contribution in [1.29, 1.82) is 0 Å². The molecule has 0 saturated carbocycles. The van der Waals surface area contributed by atoms with Crippen molar-refractivity contribution in [2.45, 2.75) is 25.9 Å². The average Bonchev–Trinajstić information content (AvgIpc) is 2.80. The Kier molecular flexibility index (Phi) is 4.06. The lowest BCUT2D eigenvalue weighted by molar-refractivity contribution is 0.128. The van der Waals surface area contributed by atoms with Crippen LogP contribution in [0.2, 0.25) is 5.02 Å². The van der Waals surface area contributed by atoms with Crippen molar-refractivity contribution in [2.24, 2.45) is 0 Å². The van der Waals surface area contributed by atoms with Crippen LogP contribution in [0.1, 0.15) is 17.5 Å². The molecule has 2 N–H and O–H groups in total. The minimum Gasteiger partial charge on any atom is -0.465 e. The number of hydrogen-bond acceptors (Lipinski definition) is 3. The molecule has 6 heteroatoms. The maximum absolute atomic E-state index is 10.8. The molecule has 1 aromatic rings.